The Morgan fingerprint density at radius 1 is 0.444 bits per heavy atom. The minimum absolute atomic E-state index is 0.877. The Kier molecular flexibility index (Phi) is 7.48. The highest BCUT2D eigenvalue weighted by Gasteiger charge is 2.25. The van der Waals surface area contributed by atoms with Crippen LogP contribution < -0.4 is 4.90 Å². The third kappa shape index (κ3) is 5.04. The van der Waals surface area contributed by atoms with E-state index in [1.165, 1.54) is 55.3 Å². The van der Waals surface area contributed by atoms with Crippen molar-refractivity contribution in [2.45, 2.75) is 20.8 Å². The van der Waals surface area contributed by atoms with Crippen LogP contribution in [0, 0.1) is 20.8 Å². The molecule has 0 aliphatic carbocycles. The number of anilines is 3. The van der Waals surface area contributed by atoms with Gasteiger partial charge in [-0.2, -0.15) is 0 Å². The number of benzene rings is 8. The molecule has 10 rings (SSSR count). The highest BCUT2D eigenvalue weighted by atomic mass is 16.3. The summed E-state index contributed by atoms with van der Waals surface area (Å²) in [5.41, 5.74) is 16.8. The van der Waals surface area contributed by atoms with Crippen LogP contribution in [0.1, 0.15) is 16.7 Å². The summed E-state index contributed by atoms with van der Waals surface area (Å²) in [6.07, 6.45) is 0. The quantitative estimate of drug-likeness (QED) is 0.173. The molecule has 0 radical (unpaired) electrons. The zero-order chi connectivity index (χ0) is 36.3. The number of fused-ring (bicyclic) bond motifs is 6. The Hall–Kier alpha value is -6.84. The summed E-state index contributed by atoms with van der Waals surface area (Å²) in [7, 11) is 0. The molecule has 3 nitrogen and oxygen atoms in total. The molecule has 0 saturated carbocycles. The van der Waals surface area contributed by atoms with E-state index in [4.69, 9.17) is 4.42 Å². The summed E-state index contributed by atoms with van der Waals surface area (Å²) in [5.74, 6) is 0. The number of nitrogens with zero attached hydrogens (tertiary/aromatic N) is 2. The number of hydrogen-bond donors (Lipinski definition) is 0. The topological polar surface area (TPSA) is 21.3 Å². The molecule has 3 heteroatoms. The van der Waals surface area contributed by atoms with Gasteiger partial charge in [-0.15, -0.1) is 0 Å². The first kappa shape index (κ1) is 31.9. The standard InChI is InChI=1S/C51H38N2O/c1-33-17-7-12-24-45(33)52(50-34(2)29-37(30-35(50)3)36-18-5-4-6-19-36)38-31-43(51-44(32-38)42-23-11-16-28-49(42)54-51)41-22-10-15-27-48(41)53-46-25-13-8-20-39(46)40-21-9-14-26-47(40)53/h4-32H,1-3H3. The monoisotopic (exact) mass is 694 g/mol. The van der Waals surface area contributed by atoms with Gasteiger partial charge in [0, 0.05) is 44.0 Å². The molecule has 0 amide bonds. The molecule has 258 valence electrons. The van der Waals surface area contributed by atoms with Crippen molar-refractivity contribution in [3.05, 3.63) is 193 Å². The summed E-state index contributed by atoms with van der Waals surface area (Å²) < 4.78 is 9.25. The van der Waals surface area contributed by atoms with Gasteiger partial charge < -0.3 is 13.9 Å². The maximum atomic E-state index is 6.84. The van der Waals surface area contributed by atoms with Gasteiger partial charge in [0.05, 0.1) is 22.4 Å². The maximum Gasteiger partial charge on any atom is 0.143 e. The van der Waals surface area contributed by atoms with Gasteiger partial charge >= 0.3 is 0 Å². The van der Waals surface area contributed by atoms with Gasteiger partial charge in [0.15, 0.2) is 0 Å². The van der Waals surface area contributed by atoms with Crippen LogP contribution in [0.3, 0.4) is 0 Å². The molecule has 54 heavy (non-hydrogen) atoms. The SMILES string of the molecule is Cc1ccccc1N(c1cc(-c2ccccc2-n2c3ccccc3c3ccccc32)c2oc3ccccc3c2c1)c1c(C)cc(-c2ccccc2)cc1C. The van der Waals surface area contributed by atoms with Crippen molar-refractivity contribution in [2.75, 3.05) is 4.90 Å². The first-order chi connectivity index (χ1) is 26.5. The van der Waals surface area contributed by atoms with Crippen LogP contribution in [-0.4, -0.2) is 4.57 Å². The number of para-hydroxylation sites is 5. The summed E-state index contributed by atoms with van der Waals surface area (Å²) in [6, 6.07) is 63.3. The predicted molar refractivity (Wildman–Crippen MR) is 228 cm³/mol. The summed E-state index contributed by atoms with van der Waals surface area (Å²) >= 11 is 0. The molecular formula is C51H38N2O. The predicted octanol–water partition coefficient (Wildman–Crippen LogP) is 14.4. The van der Waals surface area contributed by atoms with E-state index < -0.39 is 0 Å². The maximum absolute atomic E-state index is 6.84. The zero-order valence-corrected chi connectivity index (χ0v) is 30.5. The summed E-state index contributed by atoms with van der Waals surface area (Å²) in [5, 5.41) is 4.66. The number of hydrogen-bond acceptors (Lipinski definition) is 2. The first-order valence-electron chi connectivity index (χ1n) is 18.6. The van der Waals surface area contributed by atoms with Gasteiger partial charge in [-0.05, 0) is 103 Å². The van der Waals surface area contributed by atoms with Gasteiger partial charge in [-0.3, -0.25) is 0 Å². The highest BCUT2D eigenvalue weighted by molar-refractivity contribution is 6.14. The molecule has 0 fully saturated rings. The van der Waals surface area contributed by atoms with Gasteiger partial charge in [-0.25, -0.2) is 0 Å². The average molecular weight is 695 g/mol. The third-order valence-electron chi connectivity index (χ3n) is 10.9. The van der Waals surface area contributed by atoms with E-state index >= 15 is 0 Å². The molecule has 2 aromatic heterocycles. The second kappa shape index (κ2) is 12.7. The van der Waals surface area contributed by atoms with Crippen LogP contribution in [0.5, 0.6) is 0 Å². The lowest BCUT2D eigenvalue weighted by Gasteiger charge is -2.31. The zero-order valence-electron chi connectivity index (χ0n) is 30.5. The fraction of sp³-hybridized carbons (Fsp3) is 0.0588. The summed E-state index contributed by atoms with van der Waals surface area (Å²) in [6.45, 7) is 6.68. The third-order valence-corrected chi connectivity index (χ3v) is 10.9. The molecule has 0 N–H and O–H groups in total. The van der Waals surface area contributed by atoms with Crippen LogP contribution >= 0.6 is 0 Å². The number of furan rings is 1. The van der Waals surface area contributed by atoms with Crippen molar-refractivity contribution < 1.29 is 4.42 Å². The van der Waals surface area contributed by atoms with Gasteiger partial charge in [-0.1, -0.05) is 121 Å². The van der Waals surface area contributed by atoms with E-state index in [0.29, 0.717) is 0 Å². The largest absolute Gasteiger partial charge is 0.455 e. The highest BCUT2D eigenvalue weighted by Crippen LogP contribution is 2.47. The van der Waals surface area contributed by atoms with E-state index in [1.54, 1.807) is 0 Å². The minimum atomic E-state index is 0.877. The van der Waals surface area contributed by atoms with E-state index in [0.717, 1.165) is 50.1 Å². The van der Waals surface area contributed by atoms with Crippen LogP contribution in [0.2, 0.25) is 0 Å². The second-order valence-electron chi connectivity index (χ2n) is 14.3. The number of rotatable bonds is 6. The molecule has 0 unspecified atom stereocenters. The van der Waals surface area contributed by atoms with Crippen molar-refractivity contribution >= 4 is 60.8 Å². The molecule has 0 aliphatic rings. The van der Waals surface area contributed by atoms with Gasteiger partial charge in [0.1, 0.15) is 11.2 Å². The lowest BCUT2D eigenvalue weighted by molar-refractivity contribution is 0.670. The van der Waals surface area contributed by atoms with Crippen molar-refractivity contribution in [2.24, 2.45) is 0 Å². The molecule has 0 atom stereocenters. The lowest BCUT2D eigenvalue weighted by atomic mass is 9.95. The van der Waals surface area contributed by atoms with Gasteiger partial charge in [0.2, 0.25) is 0 Å². The lowest BCUT2D eigenvalue weighted by Crippen LogP contribution is -2.14. The van der Waals surface area contributed by atoms with Crippen LogP contribution in [0.4, 0.5) is 17.1 Å². The Balaban J connectivity index is 1.28. The first-order valence-corrected chi connectivity index (χ1v) is 18.6. The van der Waals surface area contributed by atoms with Gasteiger partial charge in [0.25, 0.3) is 0 Å². The Labute approximate surface area is 315 Å². The van der Waals surface area contributed by atoms with E-state index in [-0.39, 0.29) is 0 Å². The fourth-order valence-electron chi connectivity index (χ4n) is 8.53. The molecule has 8 aromatic carbocycles. The van der Waals surface area contributed by atoms with Crippen molar-refractivity contribution in [3.63, 3.8) is 0 Å². The second-order valence-corrected chi connectivity index (χ2v) is 14.3. The molecule has 0 aliphatic heterocycles. The van der Waals surface area contributed by atoms with E-state index in [1.807, 2.05) is 0 Å². The van der Waals surface area contributed by atoms with Crippen molar-refractivity contribution in [1.29, 1.82) is 0 Å². The number of aromatic nitrogens is 1. The normalized spacial score (nSPS) is 11.6. The van der Waals surface area contributed by atoms with Crippen molar-refractivity contribution in [3.8, 4) is 27.9 Å². The van der Waals surface area contributed by atoms with Crippen molar-refractivity contribution in [1.82, 2.24) is 4.57 Å². The van der Waals surface area contributed by atoms with Crippen LogP contribution in [0.25, 0.3) is 71.7 Å². The van der Waals surface area contributed by atoms with E-state index in [2.05, 4.69) is 206 Å². The smallest absolute Gasteiger partial charge is 0.143 e. The summed E-state index contributed by atoms with van der Waals surface area (Å²) in [4.78, 5) is 2.46. The van der Waals surface area contributed by atoms with Crippen LogP contribution in [0.15, 0.2) is 180 Å². The molecule has 0 spiro atoms. The molecule has 2 heterocycles. The Morgan fingerprint density at radius 2 is 1.04 bits per heavy atom. The Bertz CT molecular complexity index is 2960. The molecular weight excluding hydrogens is 657 g/mol. The van der Waals surface area contributed by atoms with E-state index in [9.17, 15) is 0 Å². The Morgan fingerprint density at radius 3 is 1.76 bits per heavy atom. The van der Waals surface area contributed by atoms with Crippen LogP contribution in [-0.2, 0) is 0 Å². The minimum Gasteiger partial charge on any atom is -0.455 e. The number of aryl methyl sites for hydroxylation is 3. The fourth-order valence-corrected chi connectivity index (χ4v) is 8.53. The molecule has 0 saturated heterocycles. The average Bonchev–Trinajstić information content (AvgIpc) is 3.75. The molecule has 10 aromatic rings. The molecule has 0 bridgehead atoms.